The molecule has 5 nitrogen and oxygen atoms in total. The molecule has 3 rings (SSSR count). The Kier molecular flexibility index (Phi) is 5.89. The molecule has 1 heterocycles. The van der Waals surface area contributed by atoms with Gasteiger partial charge in [0.05, 0.1) is 12.1 Å². The zero-order valence-corrected chi connectivity index (χ0v) is 16.6. The quantitative estimate of drug-likeness (QED) is 0.619. The molecule has 0 aliphatic heterocycles. The standard InChI is InChI=1S/C19H16Cl2N2O3S/c1-26-16-6-7-17(19(21)18(16)20)27(24,25)23-15-4-2-13(3-5-15)12-14-8-10-22-11-9-14/h2-11,23H,12H2,1H3. The number of nitrogens with one attached hydrogen (secondary N) is 1. The molecule has 8 heteroatoms. The minimum atomic E-state index is -3.89. The molecule has 0 amide bonds. The summed E-state index contributed by atoms with van der Waals surface area (Å²) in [6.45, 7) is 0. The van der Waals surface area contributed by atoms with E-state index in [1.807, 2.05) is 24.3 Å². The van der Waals surface area contributed by atoms with E-state index in [0.29, 0.717) is 11.4 Å². The minimum Gasteiger partial charge on any atom is -0.495 e. The fourth-order valence-corrected chi connectivity index (χ4v) is 4.42. The van der Waals surface area contributed by atoms with Gasteiger partial charge in [-0.25, -0.2) is 8.42 Å². The maximum atomic E-state index is 12.6. The van der Waals surface area contributed by atoms with Gasteiger partial charge in [-0.2, -0.15) is 0 Å². The van der Waals surface area contributed by atoms with Crippen molar-refractivity contribution in [3.63, 3.8) is 0 Å². The van der Waals surface area contributed by atoms with Gasteiger partial charge in [0.15, 0.2) is 0 Å². The summed E-state index contributed by atoms with van der Waals surface area (Å²) in [6, 6.07) is 13.8. The zero-order valence-electron chi connectivity index (χ0n) is 14.3. The minimum absolute atomic E-state index is 0.0507. The number of benzene rings is 2. The molecule has 140 valence electrons. The number of pyridine rings is 1. The lowest BCUT2D eigenvalue weighted by Gasteiger charge is -2.12. The lowest BCUT2D eigenvalue weighted by Crippen LogP contribution is -2.13. The van der Waals surface area contributed by atoms with Gasteiger partial charge in [0.2, 0.25) is 0 Å². The van der Waals surface area contributed by atoms with Gasteiger partial charge in [-0.1, -0.05) is 35.3 Å². The molecule has 0 fully saturated rings. The van der Waals surface area contributed by atoms with Crippen LogP contribution in [0, 0.1) is 0 Å². The number of anilines is 1. The van der Waals surface area contributed by atoms with Gasteiger partial charge in [-0.05, 0) is 53.9 Å². The van der Waals surface area contributed by atoms with Gasteiger partial charge in [0.25, 0.3) is 10.0 Å². The summed E-state index contributed by atoms with van der Waals surface area (Å²) in [6.07, 6.45) is 4.21. The van der Waals surface area contributed by atoms with E-state index >= 15 is 0 Å². The van der Waals surface area contributed by atoms with Gasteiger partial charge in [-0.15, -0.1) is 0 Å². The molecule has 0 aliphatic carbocycles. The van der Waals surface area contributed by atoms with Gasteiger partial charge >= 0.3 is 0 Å². The van der Waals surface area contributed by atoms with Crippen molar-refractivity contribution >= 4 is 38.9 Å². The van der Waals surface area contributed by atoms with Crippen molar-refractivity contribution in [1.29, 1.82) is 0 Å². The van der Waals surface area contributed by atoms with Crippen LogP contribution < -0.4 is 9.46 Å². The van der Waals surface area contributed by atoms with E-state index in [-0.39, 0.29) is 14.9 Å². The highest BCUT2D eigenvalue weighted by Gasteiger charge is 2.22. The maximum absolute atomic E-state index is 12.6. The SMILES string of the molecule is COc1ccc(S(=O)(=O)Nc2ccc(Cc3ccncc3)cc2)c(Cl)c1Cl. The van der Waals surface area contributed by atoms with Crippen LogP contribution in [0.4, 0.5) is 5.69 Å². The Morgan fingerprint density at radius 1 is 0.926 bits per heavy atom. The summed E-state index contributed by atoms with van der Waals surface area (Å²) in [5.74, 6) is 0.307. The van der Waals surface area contributed by atoms with Crippen LogP contribution in [0.25, 0.3) is 0 Å². The number of halogens is 2. The Bertz CT molecular complexity index is 1040. The Labute approximate surface area is 168 Å². The third kappa shape index (κ3) is 4.53. The summed E-state index contributed by atoms with van der Waals surface area (Å²) >= 11 is 12.2. The zero-order chi connectivity index (χ0) is 19.4. The highest BCUT2D eigenvalue weighted by atomic mass is 35.5. The lowest BCUT2D eigenvalue weighted by molar-refractivity contribution is 0.414. The predicted octanol–water partition coefficient (Wildman–Crippen LogP) is 4.79. The van der Waals surface area contributed by atoms with E-state index in [2.05, 4.69) is 9.71 Å². The van der Waals surface area contributed by atoms with E-state index in [4.69, 9.17) is 27.9 Å². The molecule has 0 atom stereocenters. The fourth-order valence-electron chi connectivity index (χ4n) is 2.52. The van der Waals surface area contributed by atoms with Crippen LogP contribution in [0.15, 0.2) is 65.8 Å². The number of hydrogen-bond donors (Lipinski definition) is 1. The first-order valence-corrected chi connectivity index (χ1v) is 10.2. The largest absolute Gasteiger partial charge is 0.495 e. The van der Waals surface area contributed by atoms with E-state index in [1.54, 1.807) is 24.5 Å². The molecule has 0 saturated carbocycles. The van der Waals surface area contributed by atoms with Crippen LogP contribution in [0.1, 0.15) is 11.1 Å². The number of methoxy groups -OCH3 is 1. The van der Waals surface area contributed by atoms with Crippen LogP contribution in [-0.4, -0.2) is 20.5 Å². The van der Waals surface area contributed by atoms with Crippen molar-refractivity contribution in [3.8, 4) is 5.75 Å². The second kappa shape index (κ2) is 8.17. The molecular weight excluding hydrogens is 407 g/mol. The molecule has 3 aromatic rings. The van der Waals surface area contributed by atoms with E-state index in [0.717, 1.165) is 17.5 Å². The molecule has 1 aromatic heterocycles. The Balaban J connectivity index is 1.79. The Hall–Kier alpha value is -2.28. The highest BCUT2D eigenvalue weighted by molar-refractivity contribution is 7.92. The molecule has 1 N–H and O–H groups in total. The van der Waals surface area contributed by atoms with E-state index < -0.39 is 10.0 Å². The molecule has 0 bridgehead atoms. The summed E-state index contributed by atoms with van der Waals surface area (Å²) in [5.41, 5.74) is 2.60. The molecular formula is C19H16Cl2N2O3S. The van der Waals surface area contributed by atoms with Gasteiger partial charge in [0, 0.05) is 18.1 Å². The lowest BCUT2D eigenvalue weighted by atomic mass is 10.1. The van der Waals surface area contributed by atoms with Crippen molar-refractivity contribution < 1.29 is 13.2 Å². The van der Waals surface area contributed by atoms with Gasteiger partial charge in [-0.3, -0.25) is 9.71 Å². The first-order valence-electron chi connectivity index (χ1n) is 7.93. The second-order valence-electron chi connectivity index (χ2n) is 5.73. The average Bonchev–Trinajstić information content (AvgIpc) is 2.66. The highest BCUT2D eigenvalue weighted by Crippen LogP contribution is 2.37. The topological polar surface area (TPSA) is 68.3 Å². The van der Waals surface area contributed by atoms with E-state index in [9.17, 15) is 8.42 Å². The molecule has 0 radical (unpaired) electrons. The number of sulfonamides is 1. The van der Waals surface area contributed by atoms with Crippen molar-refractivity contribution in [2.45, 2.75) is 11.3 Å². The monoisotopic (exact) mass is 422 g/mol. The molecule has 0 saturated heterocycles. The molecule has 0 unspecified atom stereocenters. The van der Waals surface area contributed by atoms with E-state index in [1.165, 1.54) is 19.2 Å². The smallest absolute Gasteiger partial charge is 0.263 e. The summed E-state index contributed by atoms with van der Waals surface area (Å²) < 4.78 is 32.8. The summed E-state index contributed by atoms with van der Waals surface area (Å²) in [5, 5.41) is -0.0347. The Morgan fingerprint density at radius 3 is 2.19 bits per heavy atom. The number of rotatable bonds is 6. The third-order valence-electron chi connectivity index (χ3n) is 3.88. The van der Waals surface area contributed by atoms with Crippen LogP contribution in [0.2, 0.25) is 10.0 Å². The van der Waals surface area contributed by atoms with Crippen molar-refractivity contribution in [2.24, 2.45) is 0 Å². The second-order valence-corrected chi connectivity index (χ2v) is 8.14. The first kappa shape index (κ1) is 19.5. The van der Waals surface area contributed by atoms with Crippen LogP contribution >= 0.6 is 23.2 Å². The third-order valence-corrected chi connectivity index (χ3v) is 6.28. The van der Waals surface area contributed by atoms with Crippen LogP contribution in [0.3, 0.4) is 0 Å². The normalized spacial score (nSPS) is 11.2. The van der Waals surface area contributed by atoms with Crippen molar-refractivity contribution in [3.05, 3.63) is 82.1 Å². The maximum Gasteiger partial charge on any atom is 0.263 e. The number of ether oxygens (including phenoxy) is 1. The molecule has 27 heavy (non-hydrogen) atoms. The average molecular weight is 423 g/mol. The van der Waals surface area contributed by atoms with Gasteiger partial charge < -0.3 is 4.74 Å². The number of nitrogens with zero attached hydrogens (tertiary/aromatic N) is 1. The predicted molar refractivity (Wildman–Crippen MR) is 107 cm³/mol. The number of aromatic nitrogens is 1. The molecule has 0 aliphatic rings. The van der Waals surface area contributed by atoms with Gasteiger partial charge in [0.1, 0.15) is 15.7 Å². The first-order chi connectivity index (χ1) is 12.9. The van der Waals surface area contributed by atoms with Crippen molar-refractivity contribution in [1.82, 2.24) is 4.98 Å². The fraction of sp³-hybridized carbons (Fsp3) is 0.105. The van der Waals surface area contributed by atoms with Crippen molar-refractivity contribution in [2.75, 3.05) is 11.8 Å². The summed E-state index contributed by atoms with van der Waals surface area (Å²) in [4.78, 5) is 3.87. The number of hydrogen-bond acceptors (Lipinski definition) is 4. The van der Waals surface area contributed by atoms with Crippen LogP contribution in [0.5, 0.6) is 5.75 Å². The molecule has 2 aromatic carbocycles. The summed E-state index contributed by atoms with van der Waals surface area (Å²) in [7, 11) is -2.47. The Morgan fingerprint density at radius 2 is 1.56 bits per heavy atom. The molecule has 0 spiro atoms. The van der Waals surface area contributed by atoms with Crippen LogP contribution in [-0.2, 0) is 16.4 Å².